The van der Waals surface area contributed by atoms with Gasteiger partial charge in [-0.3, -0.25) is 4.79 Å². The Morgan fingerprint density at radius 1 is 1.30 bits per heavy atom. The van der Waals surface area contributed by atoms with E-state index < -0.39 is 0 Å². The predicted octanol–water partition coefficient (Wildman–Crippen LogP) is 1.92. The van der Waals surface area contributed by atoms with Crippen LogP contribution in [-0.4, -0.2) is 44.1 Å². The number of likely N-dealkylation sites (N-methyl/N-ethyl adjacent to an activating group) is 1. The number of carbonyl (C=O) groups is 1. The van der Waals surface area contributed by atoms with Crippen molar-refractivity contribution in [2.45, 2.75) is 18.9 Å². The number of ether oxygens (including phenoxy) is 1. The number of methoxy groups -OCH3 is 1. The summed E-state index contributed by atoms with van der Waals surface area (Å²) in [6.45, 7) is 1.98. The van der Waals surface area contributed by atoms with Crippen molar-refractivity contribution in [2.75, 3.05) is 27.2 Å². The van der Waals surface area contributed by atoms with Crippen LogP contribution < -0.4 is 10.1 Å². The number of hydrogen-bond acceptors (Lipinski definition) is 3. The standard InChI is InChI=1S/C16H22N2O2/c1-18(14-9-11-17-12-10-14)16(19)8-5-13-3-6-15(20-2)7-4-13/h3-8,14,17H,9-12H2,1-2H3/b8-5+. The van der Waals surface area contributed by atoms with Gasteiger partial charge in [-0.1, -0.05) is 12.1 Å². The minimum Gasteiger partial charge on any atom is -0.497 e. The summed E-state index contributed by atoms with van der Waals surface area (Å²) in [5.74, 6) is 0.882. The fourth-order valence-electron chi connectivity index (χ4n) is 2.37. The summed E-state index contributed by atoms with van der Waals surface area (Å²) < 4.78 is 5.11. The van der Waals surface area contributed by atoms with E-state index in [4.69, 9.17) is 4.74 Å². The summed E-state index contributed by atoms with van der Waals surface area (Å²) >= 11 is 0. The summed E-state index contributed by atoms with van der Waals surface area (Å²) in [5.41, 5.74) is 0.998. The molecule has 1 saturated heterocycles. The SMILES string of the molecule is COc1ccc(/C=C/C(=O)N(C)C2CCNCC2)cc1. The van der Waals surface area contributed by atoms with Crippen molar-refractivity contribution < 1.29 is 9.53 Å². The molecule has 0 atom stereocenters. The zero-order chi connectivity index (χ0) is 14.4. The van der Waals surface area contributed by atoms with E-state index in [9.17, 15) is 4.79 Å². The molecule has 0 radical (unpaired) electrons. The molecule has 0 spiro atoms. The van der Waals surface area contributed by atoms with Crippen molar-refractivity contribution in [3.63, 3.8) is 0 Å². The Kier molecular flexibility index (Phi) is 5.18. The summed E-state index contributed by atoms with van der Waals surface area (Å²) in [6.07, 6.45) is 5.54. The molecule has 0 aromatic heterocycles. The lowest BCUT2D eigenvalue weighted by atomic mass is 10.1. The minimum absolute atomic E-state index is 0.0627. The second-order valence-electron chi connectivity index (χ2n) is 5.04. The quantitative estimate of drug-likeness (QED) is 0.853. The summed E-state index contributed by atoms with van der Waals surface area (Å²) in [7, 11) is 3.53. The van der Waals surface area contributed by atoms with Crippen LogP contribution in [0.4, 0.5) is 0 Å². The predicted molar refractivity (Wildman–Crippen MR) is 80.7 cm³/mol. The second-order valence-corrected chi connectivity index (χ2v) is 5.04. The molecule has 0 saturated carbocycles. The minimum atomic E-state index is 0.0627. The first kappa shape index (κ1) is 14.6. The van der Waals surface area contributed by atoms with E-state index in [2.05, 4.69) is 5.32 Å². The number of amides is 1. The average molecular weight is 274 g/mol. The fourth-order valence-corrected chi connectivity index (χ4v) is 2.37. The molecule has 1 aromatic carbocycles. The lowest BCUT2D eigenvalue weighted by molar-refractivity contribution is -0.127. The highest BCUT2D eigenvalue weighted by molar-refractivity contribution is 5.91. The van der Waals surface area contributed by atoms with Crippen LogP contribution in [0.1, 0.15) is 18.4 Å². The Morgan fingerprint density at radius 3 is 2.55 bits per heavy atom. The number of hydrogen-bond donors (Lipinski definition) is 1. The molecule has 4 heteroatoms. The summed E-state index contributed by atoms with van der Waals surface area (Å²) in [5, 5.41) is 3.31. The Morgan fingerprint density at radius 2 is 1.95 bits per heavy atom. The summed E-state index contributed by atoms with van der Waals surface area (Å²) in [4.78, 5) is 14.0. The topological polar surface area (TPSA) is 41.6 Å². The van der Waals surface area contributed by atoms with Crippen LogP contribution in [0.2, 0.25) is 0 Å². The van der Waals surface area contributed by atoms with Gasteiger partial charge in [-0.2, -0.15) is 0 Å². The molecule has 4 nitrogen and oxygen atoms in total. The third-order valence-corrected chi connectivity index (χ3v) is 3.74. The first-order valence-electron chi connectivity index (χ1n) is 7.00. The molecule has 2 rings (SSSR count). The van der Waals surface area contributed by atoms with Crippen LogP contribution in [0.25, 0.3) is 6.08 Å². The molecule has 20 heavy (non-hydrogen) atoms. The van der Waals surface area contributed by atoms with E-state index in [1.165, 1.54) is 0 Å². The van der Waals surface area contributed by atoms with Gasteiger partial charge in [-0.25, -0.2) is 0 Å². The Bertz CT molecular complexity index is 462. The van der Waals surface area contributed by atoms with Gasteiger partial charge in [0.2, 0.25) is 5.91 Å². The highest BCUT2D eigenvalue weighted by Crippen LogP contribution is 2.13. The van der Waals surface area contributed by atoms with Crippen LogP contribution >= 0.6 is 0 Å². The van der Waals surface area contributed by atoms with Gasteiger partial charge in [-0.05, 0) is 49.7 Å². The molecule has 1 aromatic rings. The van der Waals surface area contributed by atoms with Crippen LogP contribution in [0.3, 0.4) is 0 Å². The van der Waals surface area contributed by atoms with E-state index in [0.29, 0.717) is 6.04 Å². The summed E-state index contributed by atoms with van der Waals surface area (Å²) in [6, 6.07) is 8.01. The van der Waals surface area contributed by atoms with Gasteiger partial charge >= 0.3 is 0 Å². The van der Waals surface area contributed by atoms with Crippen molar-refractivity contribution >= 4 is 12.0 Å². The smallest absolute Gasteiger partial charge is 0.246 e. The van der Waals surface area contributed by atoms with Gasteiger partial charge in [0, 0.05) is 19.2 Å². The Hall–Kier alpha value is -1.81. The zero-order valence-electron chi connectivity index (χ0n) is 12.1. The number of piperidine rings is 1. The van der Waals surface area contributed by atoms with Gasteiger partial charge in [0.25, 0.3) is 0 Å². The maximum Gasteiger partial charge on any atom is 0.246 e. The highest BCUT2D eigenvalue weighted by atomic mass is 16.5. The number of nitrogens with zero attached hydrogens (tertiary/aromatic N) is 1. The third-order valence-electron chi connectivity index (χ3n) is 3.74. The number of carbonyl (C=O) groups excluding carboxylic acids is 1. The van der Waals surface area contributed by atoms with Crippen LogP contribution in [0, 0.1) is 0 Å². The van der Waals surface area contributed by atoms with E-state index in [1.54, 1.807) is 13.2 Å². The maximum atomic E-state index is 12.1. The molecular weight excluding hydrogens is 252 g/mol. The molecule has 108 valence electrons. The van der Waals surface area contributed by atoms with Crippen molar-refractivity contribution in [1.29, 1.82) is 0 Å². The normalized spacial score (nSPS) is 16.3. The van der Waals surface area contributed by atoms with E-state index in [0.717, 1.165) is 37.2 Å². The van der Waals surface area contributed by atoms with E-state index in [-0.39, 0.29) is 5.91 Å². The first-order chi connectivity index (χ1) is 9.70. The molecule has 1 heterocycles. The second kappa shape index (κ2) is 7.10. The zero-order valence-corrected chi connectivity index (χ0v) is 12.1. The monoisotopic (exact) mass is 274 g/mol. The van der Waals surface area contributed by atoms with E-state index >= 15 is 0 Å². The highest BCUT2D eigenvalue weighted by Gasteiger charge is 2.20. The van der Waals surface area contributed by atoms with E-state index in [1.807, 2.05) is 42.3 Å². The van der Waals surface area contributed by atoms with Crippen molar-refractivity contribution in [3.8, 4) is 5.75 Å². The van der Waals surface area contributed by atoms with Crippen LogP contribution in [-0.2, 0) is 4.79 Å². The van der Waals surface area contributed by atoms with Crippen molar-refractivity contribution in [2.24, 2.45) is 0 Å². The van der Waals surface area contributed by atoms with Gasteiger partial charge < -0.3 is 15.0 Å². The molecule has 0 unspecified atom stereocenters. The maximum absolute atomic E-state index is 12.1. The average Bonchev–Trinajstić information content (AvgIpc) is 2.53. The van der Waals surface area contributed by atoms with Gasteiger partial charge in [0.1, 0.15) is 5.75 Å². The van der Waals surface area contributed by atoms with Gasteiger partial charge in [0.05, 0.1) is 7.11 Å². The molecule has 1 fully saturated rings. The molecule has 1 aliphatic rings. The van der Waals surface area contributed by atoms with Gasteiger partial charge in [-0.15, -0.1) is 0 Å². The molecule has 1 N–H and O–H groups in total. The largest absolute Gasteiger partial charge is 0.497 e. The number of benzene rings is 1. The third kappa shape index (κ3) is 3.84. The number of nitrogens with one attached hydrogen (secondary N) is 1. The van der Waals surface area contributed by atoms with Crippen molar-refractivity contribution in [3.05, 3.63) is 35.9 Å². The lowest BCUT2D eigenvalue weighted by Gasteiger charge is -2.30. The molecular formula is C16H22N2O2. The Balaban J connectivity index is 1.93. The van der Waals surface area contributed by atoms with Crippen LogP contribution in [0.15, 0.2) is 30.3 Å². The van der Waals surface area contributed by atoms with Crippen LogP contribution in [0.5, 0.6) is 5.75 Å². The number of rotatable bonds is 4. The molecule has 0 aliphatic carbocycles. The molecule has 1 amide bonds. The van der Waals surface area contributed by atoms with Gasteiger partial charge in [0.15, 0.2) is 0 Å². The Labute approximate surface area is 120 Å². The first-order valence-corrected chi connectivity index (χ1v) is 7.00. The fraction of sp³-hybridized carbons (Fsp3) is 0.438. The lowest BCUT2D eigenvalue weighted by Crippen LogP contribution is -2.43. The molecule has 1 aliphatic heterocycles. The van der Waals surface area contributed by atoms with Crippen molar-refractivity contribution in [1.82, 2.24) is 10.2 Å². The molecule has 0 bridgehead atoms.